The minimum absolute atomic E-state index is 0.824. The SMILES string of the molecule is CCn1cncc1CSc1ccc(N)cc1C. The van der Waals surface area contributed by atoms with Gasteiger partial charge in [-0.3, -0.25) is 0 Å². The zero-order valence-corrected chi connectivity index (χ0v) is 11.0. The summed E-state index contributed by atoms with van der Waals surface area (Å²) < 4.78 is 2.17. The molecule has 1 heterocycles. The molecule has 0 aliphatic carbocycles. The van der Waals surface area contributed by atoms with Crippen molar-refractivity contribution < 1.29 is 0 Å². The van der Waals surface area contributed by atoms with Gasteiger partial charge in [-0.05, 0) is 37.6 Å². The van der Waals surface area contributed by atoms with E-state index in [1.807, 2.05) is 36.4 Å². The van der Waals surface area contributed by atoms with Crippen LogP contribution in [0.3, 0.4) is 0 Å². The number of anilines is 1. The van der Waals surface area contributed by atoms with Crippen LogP contribution in [-0.2, 0) is 12.3 Å². The Bertz CT molecular complexity index is 505. The van der Waals surface area contributed by atoms with Crippen LogP contribution >= 0.6 is 11.8 Å². The van der Waals surface area contributed by atoms with E-state index in [1.165, 1.54) is 16.2 Å². The van der Waals surface area contributed by atoms with E-state index in [4.69, 9.17) is 5.73 Å². The van der Waals surface area contributed by atoms with Gasteiger partial charge in [-0.2, -0.15) is 0 Å². The number of benzene rings is 1. The van der Waals surface area contributed by atoms with Gasteiger partial charge in [0.1, 0.15) is 0 Å². The lowest BCUT2D eigenvalue weighted by Gasteiger charge is -2.07. The molecule has 90 valence electrons. The van der Waals surface area contributed by atoms with Crippen LogP contribution in [0.2, 0.25) is 0 Å². The van der Waals surface area contributed by atoms with Gasteiger partial charge in [-0.1, -0.05) is 0 Å². The van der Waals surface area contributed by atoms with E-state index in [-0.39, 0.29) is 0 Å². The number of nitrogens with zero attached hydrogens (tertiary/aromatic N) is 2. The van der Waals surface area contributed by atoms with Crippen LogP contribution in [0.25, 0.3) is 0 Å². The molecule has 2 rings (SSSR count). The molecule has 3 nitrogen and oxygen atoms in total. The first kappa shape index (κ1) is 12.0. The molecule has 2 N–H and O–H groups in total. The van der Waals surface area contributed by atoms with Gasteiger partial charge in [0.05, 0.1) is 6.33 Å². The summed E-state index contributed by atoms with van der Waals surface area (Å²) in [5.74, 6) is 0.943. The van der Waals surface area contributed by atoms with Crippen molar-refractivity contribution in [3.8, 4) is 0 Å². The second kappa shape index (κ2) is 5.27. The third-order valence-electron chi connectivity index (χ3n) is 2.71. The molecule has 0 bridgehead atoms. The van der Waals surface area contributed by atoms with Crippen molar-refractivity contribution in [3.05, 3.63) is 42.0 Å². The van der Waals surface area contributed by atoms with Crippen LogP contribution in [0.1, 0.15) is 18.2 Å². The summed E-state index contributed by atoms with van der Waals surface area (Å²) in [6.07, 6.45) is 3.81. The number of nitrogen functional groups attached to an aromatic ring is 1. The largest absolute Gasteiger partial charge is 0.399 e. The minimum atomic E-state index is 0.824. The zero-order valence-electron chi connectivity index (χ0n) is 10.2. The normalized spacial score (nSPS) is 10.7. The van der Waals surface area contributed by atoms with Crippen LogP contribution in [0.5, 0.6) is 0 Å². The lowest BCUT2D eigenvalue weighted by atomic mass is 10.2. The molecule has 4 heteroatoms. The molecule has 0 amide bonds. The highest BCUT2D eigenvalue weighted by atomic mass is 32.2. The highest BCUT2D eigenvalue weighted by molar-refractivity contribution is 7.98. The third kappa shape index (κ3) is 2.82. The fourth-order valence-corrected chi connectivity index (χ4v) is 2.73. The Morgan fingerprint density at radius 2 is 2.24 bits per heavy atom. The lowest BCUT2D eigenvalue weighted by molar-refractivity contribution is 0.734. The van der Waals surface area contributed by atoms with Gasteiger partial charge >= 0.3 is 0 Å². The number of aryl methyl sites for hydroxylation is 2. The predicted octanol–water partition coefficient (Wildman–Crippen LogP) is 3.09. The summed E-state index contributed by atoms with van der Waals surface area (Å²) in [4.78, 5) is 5.45. The van der Waals surface area contributed by atoms with Crippen molar-refractivity contribution in [2.45, 2.75) is 31.0 Å². The molecular formula is C13H17N3S. The Morgan fingerprint density at radius 1 is 1.41 bits per heavy atom. The molecule has 17 heavy (non-hydrogen) atoms. The monoisotopic (exact) mass is 247 g/mol. The van der Waals surface area contributed by atoms with Crippen molar-refractivity contribution >= 4 is 17.4 Å². The van der Waals surface area contributed by atoms with Crippen LogP contribution < -0.4 is 5.73 Å². The Balaban J connectivity index is 2.07. The fraction of sp³-hybridized carbons (Fsp3) is 0.308. The average molecular weight is 247 g/mol. The van der Waals surface area contributed by atoms with E-state index in [2.05, 4.69) is 29.5 Å². The molecule has 2 aromatic rings. The lowest BCUT2D eigenvalue weighted by Crippen LogP contribution is -1.97. The van der Waals surface area contributed by atoms with Gasteiger partial charge in [-0.15, -0.1) is 11.8 Å². The predicted molar refractivity (Wildman–Crippen MR) is 73.1 cm³/mol. The minimum Gasteiger partial charge on any atom is -0.399 e. The van der Waals surface area contributed by atoms with E-state index in [0.29, 0.717) is 0 Å². The molecule has 1 aromatic carbocycles. The molecule has 0 spiro atoms. The fourth-order valence-electron chi connectivity index (χ4n) is 1.74. The van der Waals surface area contributed by atoms with Gasteiger partial charge < -0.3 is 10.3 Å². The van der Waals surface area contributed by atoms with Crippen LogP contribution in [-0.4, -0.2) is 9.55 Å². The maximum atomic E-state index is 5.74. The van der Waals surface area contributed by atoms with E-state index >= 15 is 0 Å². The van der Waals surface area contributed by atoms with E-state index in [1.54, 1.807) is 0 Å². The third-order valence-corrected chi connectivity index (χ3v) is 3.92. The molecule has 1 aromatic heterocycles. The van der Waals surface area contributed by atoms with Crippen molar-refractivity contribution in [1.82, 2.24) is 9.55 Å². The van der Waals surface area contributed by atoms with Gasteiger partial charge in [0.25, 0.3) is 0 Å². The van der Waals surface area contributed by atoms with Crippen LogP contribution in [0.15, 0.2) is 35.6 Å². The Morgan fingerprint density at radius 3 is 2.94 bits per heavy atom. The second-order valence-corrected chi connectivity index (χ2v) is 5.00. The Hall–Kier alpha value is -1.42. The first-order valence-corrected chi connectivity index (χ1v) is 6.67. The highest BCUT2D eigenvalue weighted by Gasteiger charge is 2.04. The van der Waals surface area contributed by atoms with Gasteiger partial charge in [0.15, 0.2) is 0 Å². The first-order chi connectivity index (χ1) is 8.20. The van der Waals surface area contributed by atoms with E-state index in [0.717, 1.165) is 18.0 Å². The summed E-state index contributed by atoms with van der Waals surface area (Å²) in [6.45, 7) is 5.19. The molecular weight excluding hydrogens is 230 g/mol. The number of thioether (sulfide) groups is 1. The number of hydrogen-bond donors (Lipinski definition) is 1. The van der Waals surface area contributed by atoms with Gasteiger partial charge in [-0.25, -0.2) is 4.98 Å². The van der Waals surface area contributed by atoms with Crippen molar-refractivity contribution in [3.63, 3.8) is 0 Å². The maximum absolute atomic E-state index is 5.74. The van der Waals surface area contributed by atoms with Gasteiger partial charge in [0, 0.05) is 34.8 Å². The zero-order chi connectivity index (χ0) is 12.3. The standard InChI is InChI=1S/C13H17N3S/c1-3-16-9-15-7-12(16)8-17-13-5-4-11(14)6-10(13)2/h4-7,9H,3,8,14H2,1-2H3. The summed E-state index contributed by atoms with van der Waals surface area (Å²) in [6, 6.07) is 6.05. The number of hydrogen-bond acceptors (Lipinski definition) is 3. The first-order valence-electron chi connectivity index (χ1n) is 5.68. The van der Waals surface area contributed by atoms with E-state index in [9.17, 15) is 0 Å². The summed E-state index contributed by atoms with van der Waals surface area (Å²) >= 11 is 1.83. The smallest absolute Gasteiger partial charge is 0.0948 e. The molecule has 0 fully saturated rings. The number of aromatic nitrogens is 2. The Kier molecular flexibility index (Phi) is 3.74. The van der Waals surface area contributed by atoms with Crippen molar-refractivity contribution in [1.29, 1.82) is 0 Å². The summed E-state index contributed by atoms with van der Waals surface area (Å²) in [7, 11) is 0. The maximum Gasteiger partial charge on any atom is 0.0948 e. The summed E-state index contributed by atoms with van der Waals surface area (Å²) in [5.41, 5.74) is 9.06. The number of rotatable bonds is 4. The highest BCUT2D eigenvalue weighted by Crippen LogP contribution is 2.27. The molecule has 0 unspecified atom stereocenters. The molecule has 0 aliphatic heterocycles. The topological polar surface area (TPSA) is 43.8 Å². The molecule has 0 aliphatic rings. The van der Waals surface area contributed by atoms with Crippen LogP contribution in [0, 0.1) is 6.92 Å². The average Bonchev–Trinajstić information content (AvgIpc) is 2.75. The molecule has 0 saturated carbocycles. The van der Waals surface area contributed by atoms with Crippen molar-refractivity contribution in [2.75, 3.05) is 5.73 Å². The van der Waals surface area contributed by atoms with Crippen molar-refractivity contribution in [2.24, 2.45) is 0 Å². The molecule has 0 saturated heterocycles. The van der Waals surface area contributed by atoms with Crippen LogP contribution in [0.4, 0.5) is 5.69 Å². The molecule has 0 atom stereocenters. The number of nitrogens with two attached hydrogens (primary N) is 1. The number of imidazole rings is 1. The quantitative estimate of drug-likeness (QED) is 0.667. The second-order valence-electron chi connectivity index (χ2n) is 3.98. The van der Waals surface area contributed by atoms with E-state index < -0.39 is 0 Å². The Labute approximate surface area is 106 Å². The molecule has 0 radical (unpaired) electrons. The van der Waals surface area contributed by atoms with Gasteiger partial charge in [0.2, 0.25) is 0 Å². The summed E-state index contributed by atoms with van der Waals surface area (Å²) in [5, 5.41) is 0.